The SMILES string of the molecule is CC1SCCCC1NCCc1ccnn1C. The highest BCUT2D eigenvalue weighted by Crippen LogP contribution is 2.24. The molecule has 0 radical (unpaired) electrons. The van der Waals surface area contributed by atoms with E-state index in [1.807, 2.05) is 17.9 Å². The van der Waals surface area contributed by atoms with Crippen molar-refractivity contribution in [3.05, 3.63) is 18.0 Å². The topological polar surface area (TPSA) is 29.9 Å². The first-order valence-corrected chi connectivity index (χ1v) is 7.14. The van der Waals surface area contributed by atoms with Crippen molar-refractivity contribution >= 4 is 11.8 Å². The Labute approximate surface area is 102 Å². The van der Waals surface area contributed by atoms with Gasteiger partial charge in [0.25, 0.3) is 0 Å². The maximum absolute atomic E-state index is 4.18. The van der Waals surface area contributed by atoms with E-state index < -0.39 is 0 Å². The summed E-state index contributed by atoms with van der Waals surface area (Å²) < 4.78 is 1.96. The van der Waals surface area contributed by atoms with Gasteiger partial charge in [0.05, 0.1) is 0 Å². The summed E-state index contributed by atoms with van der Waals surface area (Å²) in [5, 5.41) is 8.62. The van der Waals surface area contributed by atoms with Gasteiger partial charge in [0, 0.05) is 43.2 Å². The zero-order chi connectivity index (χ0) is 11.4. The maximum atomic E-state index is 4.18. The lowest BCUT2D eigenvalue weighted by Gasteiger charge is -2.29. The van der Waals surface area contributed by atoms with E-state index >= 15 is 0 Å². The summed E-state index contributed by atoms with van der Waals surface area (Å²) in [7, 11) is 2.01. The van der Waals surface area contributed by atoms with Crippen molar-refractivity contribution in [2.24, 2.45) is 7.05 Å². The van der Waals surface area contributed by atoms with E-state index in [9.17, 15) is 0 Å². The fraction of sp³-hybridized carbons (Fsp3) is 0.750. The van der Waals surface area contributed by atoms with Crippen molar-refractivity contribution in [1.29, 1.82) is 0 Å². The third-order valence-electron chi connectivity index (χ3n) is 3.32. The van der Waals surface area contributed by atoms with Crippen molar-refractivity contribution in [1.82, 2.24) is 15.1 Å². The number of aryl methyl sites for hydroxylation is 1. The maximum Gasteiger partial charge on any atom is 0.0492 e. The molecule has 1 aromatic rings. The standard InChI is InChI=1S/C12H21N3S/c1-10-12(4-3-9-16-10)13-7-5-11-6-8-14-15(11)2/h6,8,10,12-13H,3-5,7,9H2,1-2H3. The highest BCUT2D eigenvalue weighted by molar-refractivity contribution is 7.99. The fourth-order valence-corrected chi connectivity index (χ4v) is 3.39. The molecule has 2 heterocycles. The lowest BCUT2D eigenvalue weighted by Crippen LogP contribution is -2.40. The predicted octanol–water partition coefficient (Wildman–Crippen LogP) is 1.84. The number of nitrogens with one attached hydrogen (secondary N) is 1. The molecule has 0 spiro atoms. The van der Waals surface area contributed by atoms with E-state index in [-0.39, 0.29) is 0 Å². The molecule has 1 aromatic heterocycles. The summed E-state index contributed by atoms with van der Waals surface area (Å²) >= 11 is 2.10. The minimum Gasteiger partial charge on any atom is -0.313 e. The lowest BCUT2D eigenvalue weighted by molar-refractivity contribution is 0.462. The summed E-state index contributed by atoms with van der Waals surface area (Å²) in [6, 6.07) is 2.80. The molecule has 90 valence electrons. The second kappa shape index (κ2) is 5.73. The van der Waals surface area contributed by atoms with E-state index in [1.54, 1.807) is 0 Å². The second-order valence-corrected chi connectivity index (χ2v) is 5.96. The van der Waals surface area contributed by atoms with Gasteiger partial charge in [-0.1, -0.05) is 6.92 Å². The van der Waals surface area contributed by atoms with Crippen LogP contribution >= 0.6 is 11.8 Å². The van der Waals surface area contributed by atoms with Crippen molar-refractivity contribution in [2.45, 2.75) is 37.5 Å². The summed E-state index contributed by atoms with van der Waals surface area (Å²) in [6.07, 6.45) is 5.64. The van der Waals surface area contributed by atoms with Gasteiger partial charge in [0.15, 0.2) is 0 Å². The molecule has 1 aliphatic rings. The van der Waals surface area contributed by atoms with Gasteiger partial charge in [-0.15, -0.1) is 0 Å². The first-order chi connectivity index (χ1) is 7.77. The third kappa shape index (κ3) is 3.01. The Bertz CT molecular complexity index is 324. The minimum atomic E-state index is 0.701. The Balaban J connectivity index is 1.73. The molecule has 2 rings (SSSR count). The van der Waals surface area contributed by atoms with E-state index in [2.05, 4.69) is 35.2 Å². The van der Waals surface area contributed by atoms with Crippen LogP contribution in [0.2, 0.25) is 0 Å². The van der Waals surface area contributed by atoms with Crippen molar-refractivity contribution in [3.63, 3.8) is 0 Å². The lowest BCUT2D eigenvalue weighted by atomic mass is 10.1. The monoisotopic (exact) mass is 239 g/mol. The zero-order valence-electron chi connectivity index (χ0n) is 10.1. The van der Waals surface area contributed by atoms with E-state index in [4.69, 9.17) is 0 Å². The van der Waals surface area contributed by atoms with Gasteiger partial charge in [-0.05, 0) is 24.7 Å². The Morgan fingerprint density at radius 1 is 1.62 bits per heavy atom. The van der Waals surface area contributed by atoms with Crippen molar-refractivity contribution in [3.8, 4) is 0 Å². The first-order valence-electron chi connectivity index (χ1n) is 6.09. The first kappa shape index (κ1) is 12.0. The van der Waals surface area contributed by atoms with Gasteiger partial charge in [0.2, 0.25) is 0 Å². The molecular formula is C12H21N3S. The molecule has 1 aliphatic heterocycles. The molecular weight excluding hydrogens is 218 g/mol. The second-order valence-electron chi connectivity index (χ2n) is 4.47. The Morgan fingerprint density at radius 3 is 3.19 bits per heavy atom. The average molecular weight is 239 g/mol. The van der Waals surface area contributed by atoms with E-state index in [0.717, 1.165) is 18.2 Å². The zero-order valence-corrected chi connectivity index (χ0v) is 11.0. The van der Waals surface area contributed by atoms with Crippen LogP contribution in [0.5, 0.6) is 0 Å². The smallest absolute Gasteiger partial charge is 0.0492 e. The quantitative estimate of drug-likeness (QED) is 0.869. The molecule has 3 nitrogen and oxygen atoms in total. The molecule has 0 saturated carbocycles. The molecule has 1 N–H and O–H groups in total. The number of nitrogens with zero attached hydrogens (tertiary/aromatic N) is 2. The number of aromatic nitrogens is 2. The fourth-order valence-electron chi connectivity index (χ4n) is 2.22. The van der Waals surface area contributed by atoms with Crippen LogP contribution in [0.15, 0.2) is 12.3 Å². The molecule has 16 heavy (non-hydrogen) atoms. The number of thioether (sulfide) groups is 1. The van der Waals surface area contributed by atoms with Crippen molar-refractivity contribution < 1.29 is 0 Å². The summed E-state index contributed by atoms with van der Waals surface area (Å²) in [5.41, 5.74) is 1.31. The van der Waals surface area contributed by atoms with Gasteiger partial charge in [-0.25, -0.2) is 0 Å². The third-order valence-corrected chi connectivity index (χ3v) is 4.70. The summed E-state index contributed by atoms with van der Waals surface area (Å²) in [4.78, 5) is 0. The Hall–Kier alpha value is -0.480. The largest absolute Gasteiger partial charge is 0.313 e. The van der Waals surface area contributed by atoms with E-state index in [0.29, 0.717) is 6.04 Å². The molecule has 1 saturated heterocycles. The molecule has 0 aliphatic carbocycles. The number of rotatable bonds is 4. The van der Waals surface area contributed by atoms with Crippen LogP contribution in [0.25, 0.3) is 0 Å². The van der Waals surface area contributed by atoms with Gasteiger partial charge in [-0.3, -0.25) is 4.68 Å². The normalized spacial score (nSPS) is 25.9. The van der Waals surface area contributed by atoms with Gasteiger partial charge in [-0.2, -0.15) is 16.9 Å². The molecule has 2 atom stereocenters. The average Bonchev–Trinajstić information content (AvgIpc) is 2.67. The van der Waals surface area contributed by atoms with Gasteiger partial charge >= 0.3 is 0 Å². The number of hydrogen-bond donors (Lipinski definition) is 1. The minimum absolute atomic E-state index is 0.701. The summed E-state index contributed by atoms with van der Waals surface area (Å²) in [6.45, 7) is 3.40. The summed E-state index contributed by atoms with van der Waals surface area (Å²) in [5.74, 6) is 1.33. The highest BCUT2D eigenvalue weighted by Gasteiger charge is 2.20. The predicted molar refractivity (Wildman–Crippen MR) is 69.9 cm³/mol. The molecule has 2 unspecified atom stereocenters. The van der Waals surface area contributed by atoms with E-state index in [1.165, 1.54) is 24.3 Å². The van der Waals surface area contributed by atoms with Crippen LogP contribution in [0.1, 0.15) is 25.5 Å². The van der Waals surface area contributed by atoms with Gasteiger partial charge in [0.1, 0.15) is 0 Å². The molecule has 1 fully saturated rings. The highest BCUT2D eigenvalue weighted by atomic mass is 32.2. The molecule has 0 bridgehead atoms. The van der Waals surface area contributed by atoms with Crippen LogP contribution in [-0.4, -0.2) is 33.4 Å². The molecule has 0 amide bonds. The van der Waals surface area contributed by atoms with Crippen LogP contribution < -0.4 is 5.32 Å². The van der Waals surface area contributed by atoms with Gasteiger partial charge < -0.3 is 5.32 Å². The Morgan fingerprint density at radius 2 is 2.50 bits per heavy atom. The molecule has 0 aromatic carbocycles. The van der Waals surface area contributed by atoms with Crippen LogP contribution in [0, 0.1) is 0 Å². The number of hydrogen-bond acceptors (Lipinski definition) is 3. The molecule has 4 heteroatoms. The van der Waals surface area contributed by atoms with Crippen LogP contribution in [-0.2, 0) is 13.5 Å². The van der Waals surface area contributed by atoms with Crippen LogP contribution in [0.3, 0.4) is 0 Å². The Kier molecular flexibility index (Phi) is 4.29. The van der Waals surface area contributed by atoms with Crippen molar-refractivity contribution in [2.75, 3.05) is 12.3 Å². The van der Waals surface area contributed by atoms with Crippen LogP contribution in [0.4, 0.5) is 0 Å².